The maximum absolute atomic E-state index is 10.6. The standard InChI is InChI=1S/C5H10NO2S/c1-4(2)5(7)6-9(3)8/h4H,1-3H3/q-1. The lowest BCUT2D eigenvalue weighted by Gasteiger charge is -1.98. The van der Waals surface area contributed by atoms with Gasteiger partial charge in [-0.2, -0.15) is 10.6 Å². The Kier molecular flexibility index (Phi) is 3.46. The average molecular weight is 148 g/mol. The number of carbonyl (C=O) groups is 1. The first-order valence-electron chi connectivity index (χ1n) is 2.63. The van der Waals surface area contributed by atoms with Gasteiger partial charge in [0.15, 0.2) is 0 Å². The topological polar surface area (TPSA) is 46.5 Å². The maximum atomic E-state index is 10.6. The van der Waals surface area contributed by atoms with Crippen LogP contribution in [0.4, 0.5) is 0 Å². The Morgan fingerprint density at radius 3 is 2.11 bits per heavy atom. The number of hydrogen-bond donors (Lipinski definition) is 0. The molecule has 0 N–H and O–H groups in total. The first-order chi connectivity index (χ1) is 4.04. The second-order valence-corrected chi connectivity index (χ2v) is 3.04. The molecule has 0 atom stereocenters. The molecule has 0 aromatic rings. The quantitative estimate of drug-likeness (QED) is 0.520. The van der Waals surface area contributed by atoms with E-state index in [4.69, 9.17) is 0 Å². The summed E-state index contributed by atoms with van der Waals surface area (Å²) < 4.78 is 13.6. The Morgan fingerprint density at radius 1 is 1.56 bits per heavy atom. The van der Waals surface area contributed by atoms with Crippen LogP contribution in [-0.4, -0.2) is 12.2 Å². The van der Waals surface area contributed by atoms with Crippen molar-refractivity contribution in [3.05, 3.63) is 0 Å². The first kappa shape index (κ1) is 8.62. The van der Waals surface area contributed by atoms with E-state index in [2.05, 4.69) is 4.36 Å². The Hall–Kier alpha value is -0.380. The van der Waals surface area contributed by atoms with E-state index < -0.39 is 10.6 Å². The van der Waals surface area contributed by atoms with Gasteiger partial charge in [0.05, 0.1) is 0 Å². The summed E-state index contributed by atoms with van der Waals surface area (Å²) >= 11 is 0. The normalized spacial score (nSPS) is 14.2. The summed E-state index contributed by atoms with van der Waals surface area (Å²) in [7, 11) is -1.34. The zero-order valence-electron chi connectivity index (χ0n) is 5.75. The molecule has 54 valence electrons. The lowest BCUT2D eigenvalue weighted by molar-refractivity contribution is -0.120. The Labute approximate surface area is 56.7 Å². The predicted octanol–water partition coefficient (Wildman–Crippen LogP) is 0.946. The summed E-state index contributed by atoms with van der Waals surface area (Å²) in [5.41, 5.74) is 0. The molecule has 0 aromatic heterocycles. The highest BCUT2D eigenvalue weighted by atomic mass is 32.2. The van der Waals surface area contributed by atoms with Crippen molar-refractivity contribution in [2.24, 2.45) is 10.3 Å². The van der Waals surface area contributed by atoms with Crippen molar-refractivity contribution in [3.8, 4) is 0 Å². The molecular formula is C5H10NO2S-. The fourth-order valence-corrected chi connectivity index (χ4v) is 0.696. The van der Waals surface area contributed by atoms with Crippen molar-refractivity contribution in [1.82, 2.24) is 0 Å². The van der Waals surface area contributed by atoms with Gasteiger partial charge in [-0.15, -0.1) is 6.26 Å². The number of rotatable bonds is 1. The molecule has 0 spiro atoms. The van der Waals surface area contributed by atoms with Gasteiger partial charge in [0, 0.05) is 5.92 Å². The van der Waals surface area contributed by atoms with Crippen LogP contribution in [0.3, 0.4) is 0 Å². The molecule has 0 saturated carbocycles. The van der Waals surface area contributed by atoms with Crippen LogP contribution in [0.2, 0.25) is 0 Å². The Balaban J connectivity index is 4.10. The van der Waals surface area contributed by atoms with Crippen molar-refractivity contribution < 1.29 is 9.00 Å². The smallest absolute Gasteiger partial charge is 0.225 e. The molecule has 0 unspecified atom stereocenters. The van der Waals surface area contributed by atoms with Gasteiger partial charge in [-0.05, 0) is 0 Å². The summed E-state index contributed by atoms with van der Waals surface area (Å²) in [6, 6.07) is 0. The van der Waals surface area contributed by atoms with Crippen LogP contribution in [0.5, 0.6) is 0 Å². The molecule has 1 amide bonds. The van der Waals surface area contributed by atoms with E-state index in [1.54, 1.807) is 13.8 Å². The molecule has 0 aromatic carbocycles. The second-order valence-electron chi connectivity index (χ2n) is 2.01. The third-order valence-corrected chi connectivity index (χ3v) is 1.15. The van der Waals surface area contributed by atoms with Crippen LogP contribution in [0.25, 0.3) is 0 Å². The second kappa shape index (κ2) is 3.61. The average Bonchev–Trinajstić information content (AvgIpc) is 1.63. The molecule has 0 radical (unpaired) electrons. The van der Waals surface area contributed by atoms with Crippen molar-refractivity contribution in [2.75, 3.05) is 6.26 Å². The lowest BCUT2D eigenvalue weighted by atomic mass is 10.2. The van der Waals surface area contributed by atoms with Crippen molar-refractivity contribution in [2.45, 2.75) is 13.8 Å². The van der Waals surface area contributed by atoms with Crippen LogP contribution in [0, 0.1) is 5.92 Å². The van der Waals surface area contributed by atoms with E-state index in [9.17, 15) is 9.00 Å². The highest BCUT2D eigenvalue weighted by Crippen LogP contribution is 1.94. The summed E-state index contributed by atoms with van der Waals surface area (Å²) in [6.45, 7) is 3.44. The Bertz CT molecular complexity index is 179. The monoisotopic (exact) mass is 148 g/mol. The van der Waals surface area contributed by atoms with Gasteiger partial charge >= 0.3 is 0 Å². The van der Waals surface area contributed by atoms with Crippen LogP contribution < -0.4 is 0 Å². The SMILES string of the molecule is CC(C)C(=O)N=[S-](C)=O. The van der Waals surface area contributed by atoms with Gasteiger partial charge in [-0.1, -0.05) is 13.8 Å². The number of nitrogens with zero attached hydrogens (tertiary/aromatic N) is 1. The van der Waals surface area contributed by atoms with Crippen LogP contribution in [-0.2, 0) is 19.6 Å². The highest BCUT2D eigenvalue weighted by Gasteiger charge is 1.99. The Morgan fingerprint density at radius 2 is 2.00 bits per heavy atom. The van der Waals surface area contributed by atoms with E-state index in [0.29, 0.717) is 0 Å². The van der Waals surface area contributed by atoms with Crippen molar-refractivity contribution >= 4 is 16.5 Å². The lowest BCUT2D eigenvalue weighted by Crippen LogP contribution is -2.02. The van der Waals surface area contributed by atoms with E-state index in [1.165, 1.54) is 6.26 Å². The van der Waals surface area contributed by atoms with Crippen LogP contribution in [0.1, 0.15) is 13.8 Å². The third kappa shape index (κ3) is 4.14. The summed E-state index contributed by atoms with van der Waals surface area (Å²) in [5, 5.41) is 0. The number of hydrogen-bond acceptors (Lipinski definition) is 3. The van der Waals surface area contributed by atoms with Gasteiger partial charge in [-0.3, -0.25) is 4.79 Å². The molecule has 0 aliphatic heterocycles. The molecule has 0 rings (SSSR count). The zero-order chi connectivity index (χ0) is 7.44. The third-order valence-electron chi connectivity index (χ3n) is 0.712. The van der Waals surface area contributed by atoms with E-state index in [0.717, 1.165) is 0 Å². The van der Waals surface area contributed by atoms with Gasteiger partial charge < -0.3 is 8.57 Å². The molecule has 3 nitrogen and oxygen atoms in total. The minimum absolute atomic E-state index is 0.145. The van der Waals surface area contributed by atoms with Crippen LogP contribution >= 0.6 is 0 Å². The van der Waals surface area contributed by atoms with E-state index in [-0.39, 0.29) is 11.8 Å². The largest absolute Gasteiger partial charge is 0.444 e. The van der Waals surface area contributed by atoms with Gasteiger partial charge in [-0.25, -0.2) is 0 Å². The molecular weight excluding hydrogens is 138 g/mol. The van der Waals surface area contributed by atoms with E-state index >= 15 is 0 Å². The van der Waals surface area contributed by atoms with Crippen molar-refractivity contribution in [3.63, 3.8) is 0 Å². The molecule has 0 heterocycles. The highest BCUT2D eigenvalue weighted by molar-refractivity contribution is 7.74. The zero-order valence-corrected chi connectivity index (χ0v) is 6.57. The summed E-state index contributed by atoms with van der Waals surface area (Å²) in [5.74, 6) is -0.440. The molecule has 4 heteroatoms. The minimum atomic E-state index is -1.34. The molecule has 0 aliphatic carbocycles. The van der Waals surface area contributed by atoms with Gasteiger partial charge in [0.1, 0.15) is 0 Å². The first-order valence-corrected chi connectivity index (χ1v) is 4.14. The summed E-state index contributed by atoms with van der Waals surface area (Å²) in [6.07, 6.45) is 1.38. The fourth-order valence-electron chi connectivity index (χ4n) is 0.232. The fraction of sp³-hybridized carbons (Fsp3) is 0.800. The van der Waals surface area contributed by atoms with Gasteiger partial charge in [0.2, 0.25) is 5.91 Å². The van der Waals surface area contributed by atoms with E-state index in [1.807, 2.05) is 0 Å². The molecule has 0 fully saturated rings. The van der Waals surface area contributed by atoms with Crippen LogP contribution in [0.15, 0.2) is 4.36 Å². The predicted molar refractivity (Wildman–Crippen MR) is 36.2 cm³/mol. The molecule has 0 saturated heterocycles. The van der Waals surface area contributed by atoms with Gasteiger partial charge in [0.25, 0.3) is 0 Å². The molecule has 0 aliphatic rings. The van der Waals surface area contributed by atoms with Crippen molar-refractivity contribution in [1.29, 1.82) is 0 Å². The summed E-state index contributed by atoms with van der Waals surface area (Å²) in [4.78, 5) is 10.6. The maximum Gasteiger partial charge on any atom is 0.225 e. The number of amides is 1. The number of carbonyl (C=O) groups excluding carboxylic acids is 1. The minimum Gasteiger partial charge on any atom is -0.444 e. The molecule has 9 heavy (non-hydrogen) atoms. The molecule has 0 bridgehead atoms.